The van der Waals surface area contributed by atoms with Crippen LogP contribution in [-0.4, -0.2) is 46.0 Å². The Morgan fingerprint density at radius 3 is 2.39 bits per heavy atom. The standard InChI is InChI=1S/C29H38ClN3O4S/c1-28(2,3)38-26-22-15-21(37-18-25(34)32-14-6-13-31)11-12-23(22)33(17-19-7-9-20(30)10-8-19)24(26)16-29(4,5)27(35)36/h7-12,15H,6,13-14,16-18,31H2,1-5H3,(H,32,34)(H,35,36). The molecule has 0 atom stereocenters. The number of aromatic nitrogens is 1. The van der Waals surface area contributed by atoms with E-state index in [1.807, 2.05) is 42.5 Å². The van der Waals surface area contributed by atoms with Gasteiger partial charge >= 0.3 is 5.97 Å². The van der Waals surface area contributed by atoms with Crippen LogP contribution in [0.3, 0.4) is 0 Å². The third-order valence-electron chi connectivity index (χ3n) is 6.01. The molecule has 0 aliphatic heterocycles. The van der Waals surface area contributed by atoms with Crippen molar-refractivity contribution in [3.63, 3.8) is 0 Å². The number of thioether (sulfide) groups is 1. The van der Waals surface area contributed by atoms with E-state index in [4.69, 9.17) is 22.1 Å². The molecular formula is C29H38ClN3O4S. The van der Waals surface area contributed by atoms with Crippen molar-refractivity contribution >= 4 is 46.1 Å². The predicted molar refractivity (Wildman–Crippen MR) is 155 cm³/mol. The van der Waals surface area contributed by atoms with Crippen LogP contribution in [0, 0.1) is 5.41 Å². The maximum atomic E-state index is 12.2. The molecule has 0 saturated heterocycles. The van der Waals surface area contributed by atoms with E-state index in [1.165, 1.54) is 0 Å². The maximum Gasteiger partial charge on any atom is 0.309 e. The molecule has 2 aromatic carbocycles. The number of carboxylic acids is 1. The molecule has 3 aromatic rings. The third-order valence-corrected chi connectivity index (χ3v) is 7.54. The lowest BCUT2D eigenvalue weighted by Crippen LogP contribution is -2.30. The number of halogens is 1. The molecule has 0 spiro atoms. The van der Waals surface area contributed by atoms with E-state index in [2.05, 4.69) is 30.7 Å². The Bertz CT molecular complexity index is 1280. The van der Waals surface area contributed by atoms with Crippen molar-refractivity contribution in [2.75, 3.05) is 19.7 Å². The fraction of sp³-hybridized carbons (Fsp3) is 0.448. The van der Waals surface area contributed by atoms with Gasteiger partial charge in [-0.15, -0.1) is 11.8 Å². The summed E-state index contributed by atoms with van der Waals surface area (Å²) in [4.78, 5) is 25.3. The number of hydrogen-bond donors (Lipinski definition) is 3. The second kappa shape index (κ2) is 12.5. The van der Waals surface area contributed by atoms with Crippen LogP contribution in [-0.2, 0) is 22.6 Å². The summed E-state index contributed by atoms with van der Waals surface area (Å²) in [7, 11) is 0. The van der Waals surface area contributed by atoms with E-state index < -0.39 is 11.4 Å². The van der Waals surface area contributed by atoms with Crippen molar-refractivity contribution in [3.8, 4) is 5.75 Å². The van der Waals surface area contributed by atoms with E-state index in [1.54, 1.807) is 25.6 Å². The van der Waals surface area contributed by atoms with Crippen LogP contribution >= 0.6 is 23.4 Å². The van der Waals surface area contributed by atoms with E-state index >= 15 is 0 Å². The van der Waals surface area contributed by atoms with Crippen LogP contribution in [0.25, 0.3) is 10.9 Å². The normalized spacial score (nSPS) is 12.1. The number of nitrogens with two attached hydrogens (primary N) is 1. The van der Waals surface area contributed by atoms with Crippen LogP contribution in [0.1, 0.15) is 52.3 Å². The Morgan fingerprint density at radius 2 is 1.79 bits per heavy atom. The highest BCUT2D eigenvalue weighted by Crippen LogP contribution is 2.44. The molecule has 1 amide bonds. The van der Waals surface area contributed by atoms with Gasteiger partial charge in [0.15, 0.2) is 6.61 Å². The quantitative estimate of drug-likeness (QED) is 0.193. The summed E-state index contributed by atoms with van der Waals surface area (Å²) in [5, 5.41) is 14.4. The number of carboxylic acid groups (broad SMARTS) is 1. The Morgan fingerprint density at radius 1 is 1.11 bits per heavy atom. The van der Waals surface area contributed by atoms with Crippen LogP contribution in [0.15, 0.2) is 47.4 Å². The Kier molecular flexibility index (Phi) is 9.79. The number of ether oxygens (including phenoxy) is 1. The summed E-state index contributed by atoms with van der Waals surface area (Å²) >= 11 is 7.83. The zero-order chi connectivity index (χ0) is 28.1. The first-order valence-electron chi connectivity index (χ1n) is 12.7. The fourth-order valence-electron chi connectivity index (χ4n) is 4.02. The van der Waals surface area contributed by atoms with Crippen LogP contribution in [0.5, 0.6) is 5.75 Å². The molecular weight excluding hydrogens is 522 g/mol. The molecule has 4 N–H and O–H groups in total. The molecule has 0 aliphatic carbocycles. The zero-order valence-electron chi connectivity index (χ0n) is 22.8. The molecule has 9 heteroatoms. The van der Waals surface area contributed by atoms with Gasteiger partial charge in [0.25, 0.3) is 5.91 Å². The van der Waals surface area contributed by atoms with Crippen LogP contribution < -0.4 is 15.8 Å². The fourth-order valence-corrected chi connectivity index (χ4v) is 5.33. The summed E-state index contributed by atoms with van der Waals surface area (Å²) in [6, 6.07) is 13.5. The minimum absolute atomic E-state index is 0.0950. The van der Waals surface area contributed by atoms with Gasteiger partial charge in [-0.25, -0.2) is 0 Å². The molecule has 7 nitrogen and oxygen atoms in total. The molecule has 0 bridgehead atoms. The largest absolute Gasteiger partial charge is 0.484 e. The van der Waals surface area contributed by atoms with Gasteiger partial charge in [0.1, 0.15) is 5.75 Å². The van der Waals surface area contributed by atoms with Crippen molar-refractivity contribution in [3.05, 3.63) is 58.7 Å². The highest BCUT2D eigenvalue weighted by Gasteiger charge is 2.32. The molecule has 1 aromatic heterocycles. The highest BCUT2D eigenvalue weighted by atomic mass is 35.5. The van der Waals surface area contributed by atoms with E-state index in [0.717, 1.165) is 27.1 Å². The number of amides is 1. The topological polar surface area (TPSA) is 107 Å². The average molecular weight is 560 g/mol. The van der Waals surface area contributed by atoms with Gasteiger partial charge in [0.05, 0.1) is 5.41 Å². The second-order valence-corrected chi connectivity index (χ2v) is 13.3. The minimum atomic E-state index is -0.972. The lowest BCUT2D eigenvalue weighted by molar-refractivity contribution is -0.146. The van der Waals surface area contributed by atoms with Gasteiger partial charge in [-0.3, -0.25) is 9.59 Å². The SMILES string of the molecule is CC(C)(C)Sc1c(CC(C)(C)C(=O)O)n(Cc2ccc(Cl)cc2)c2ccc(OCC(=O)NCCCN)cc12. The van der Waals surface area contributed by atoms with Gasteiger partial charge in [-0.1, -0.05) is 44.5 Å². The molecule has 0 radical (unpaired) electrons. The summed E-state index contributed by atoms with van der Waals surface area (Å²) in [6.45, 7) is 11.4. The highest BCUT2D eigenvalue weighted by molar-refractivity contribution is 8.00. The Balaban J connectivity index is 2.10. The molecule has 38 heavy (non-hydrogen) atoms. The van der Waals surface area contributed by atoms with Gasteiger partial charge in [-0.2, -0.15) is 0 Å². The summed E-state index contributed by atoms with van der Waals surface area (Å²) < 4.78 is 7.91. The van der Waals surface area contributed by atoms with E-state index in [-0.39, 0.29) is 17.3 Å². The smallest absolute Gasteiger partial charge is 0.309 e. The van der Waals surface area contributed by atoms with Crippen molar-refractivity contribution in [1.29, 1.82) is 0 Å². The Labute approximate surface area is 234 Å². The first-order valence-corrected chi connectivity index (χ1v) is 13.9. The number of nitrogens with zero attached hydrogens (tertiary/aromatic N) is 1. The number of fused-ring (bicyclic) bond motifs is 1. The lowest BCUT2D eigenvalue weighted by Gasteiger charge is -2.24. The van der Waals surface area contributed by atoms with E-state index in [0.29, 0.717) is 43.2 Å². The lowest BCUT2D eigenvalue weighted by atomic mass is 9.88. The molecule has 0 fully saturated rings. The molecule has 0 aliphatic rings. The van der Waals surface area contributed by atoms with Crippen molar-refractivity contribution in [2.24, 2.45) is 11.1 Å². The third kappa shape index (κ3) is 7.91. The van der Waals surface area contributed by atoms with Crippen LogP contribution in [0.2, 0.25) is 5.02 Å². The predicted octanol–water partition coefficient (Wildman–Crippen LogP) is 5.73. The van der Waals surface area contributed by atoms with Crippen molar-refractivity contribution < 1.29 is 19.4 Å². The number of hydrogen-bond acceptors (Lipinski definition) is 5. The first kappa shape index (κ1) is 29.9. The zero-order valence-corrected chi connectivity index (χ0v) is 24.3. The van der Waals surface area contributed by atoms with Crippen molar-refractivity contribution in [1.82, 2.24) is 9.88 Å². The summed E-state index contributed by atoms with van der Waals surface area (Å²) in [5.74, 6) is -0.473. The number of benzene rings is 2. The Hall–Kier alpha value is -2.68. The average Bonchev–Trinajstić information content (AvgIpc) is 3.09. The van der Waals surface area contributed by atoms with Gasteiger partial charge in [0, 0.05) is 50.8 Å². The number of carbonyl (C=O) groups is 2. The number of nitrogens with one attached hydrogen (secondary N) is 1. The second-order valence-electron chi connectivity index (χ2n) is 11.0. The molecule has 206 valence electrons. The number of rotatable bonds is 12. The number of aliphatic carboxylic acids is 1. The van der Waals surface area contributed by atoms with Gasteiger partial charge in [-0.05, 0) is 62.7 Å². The summed E-state index contributed by atoms with van der Waals surface area (Å²) in [5.41, 5.74) is 7.51. The van der Waals surface area contributed by atoms with Gasteiger partial charge < -0.3 is 25.5 Å². The molecule has 0 saturated carbocycles. The van der Waals surface area contributed by atoms with Gasteiger partial charge in [0.2, 0.25) is 0 Å². The molecule has 3 rings (SSSR count). The maximum absolute atomic E-state index is 12.2. The molecule has 1 heterocycles. The monoisotopic (exact) mass is 559 g/mol. The molecule has 0 unspecified atom stereocenters. The first-order chi connectivity index (χ1) is 17.8. The summed E-state index contributed by atoms with van der Waals surface area (Å²) in [6.07, 6.45) is 1.06. The van der Waals surface area contributed by atoms with E-state index in [9.17, 15) is 14.7 Å². The number of carbonyl (C=O) groups excluding carboxylic acids is 1. The minimum Gasteiger partial charge on any atom is -0.484 e. The van der Waals surface area contributed by atoms with Crippen LogP contribution in [0.4, 0.5) is 0 Å². The van der Waals surface area contributed by atoms with Crippen molar-refractivity contribution in [2.45, 2.75) is 63.6 Å².